The average Bonchev–Trinajstić information content (AvgIpc) is 3.46. The molecule has 1 amide bonds. The molecule has 2 aromatic carbocycles. The maximum absolute atomic E-state index is 15.3. The van der Waals surface area contributed by atoms with E-state index < -0.39 is 48.1 Å². The minimum Gasteiger partial charge on any atom is -0.480 e. The number of carbonyl (C=O) groups excluding carboxylic acids is 1. The molecule has 240 valence electrons. The molecule has 2 atom stereocenters. The number of benzene rings is 2. The Labute approximate surface area is 255 Å². The molecule has 0 aliphatic carbocycles. The molecule has 0 bridgehead atoms. The molecular weight excluding hydrogens is 600 g/mol. The van der Waals surface area contributed by atoms with Gasteiger partial charge in [0.2, 0.25) is 0 Å². The summed E-state index contributed by atoms with van der Waals surface area (Å²) in [6.45, 7) is 4.46. The number of nitrogens with zero attached hydrogens (tertiary/aromatic N) is 3. The molecule has 1 saturated heterocycles. The number of ether oxygens (including phenoxy) is 2. The maximum Gasteiger partial charge on any atom is 0.411 e. The molecule has 2 N–H and O–H groups in total. The van der Waals surface area contributed by atoms with Crippen molar-refractivity contribution in [3.05, 3.63) is 79.8 Å². The third-order valence-corrected chi connectivity index (χ3v) is 8.35. The fourth-order valence-corrected chi connectivity index (χ4v) is 5.93. The van der Waals surface area contributed by atoms with Crippen LogP contribution in [0, 0.1) is 26.6 Å². The molecule has 14 heteroatoms. The predicted octanol–water partition coefficient (Wildman–Crippen LogP) is 3.74. The van der Waals surface area contributed by atoms with Crippen LogP contribution in [0.3, 0.4) is 0 Å². The van der Waals surface area contributed by atoms with Gasteiger partial charge in [-0.2, -0.15) is 13.2 Å². The van der Waals surface area contributed by atoms with Gasteiger partial charge >= 0.3 is 12.1 Å². The molecule has 10 nitrogen and oxygen atoms in total. The number of hydrogen-bond acceptors (Lipinski definition) is 7. The van der Waals surface area contributed by atoms with Gasteiger partial charge in [-0.05, 0) is 60.7 Å². The number of aliphatic carboxylic acids is 1. The number of hydrogen-bond donors (Lipinski definition) is 2. The molecule has 0 unspecified atom stereocenters. The maximum atomic E-state index is 15.3. The van der Waals surface area contributed by atoms with Crippen LogP contribution < -0.4 is 15.8 Å². The number of aryl methyl sites for hydroxylation is 3. The van der Waals surface area contributed by atoms with Gasteiger partial charge in [0, 0.05) is 25.7 Å². The highest BCUT2D eigenvalue weighted by Crippen LogP contribution is 2.35. The number of morpholine rings is 1. The molecular formula is C31H32F4N4O6. The van der Waals surface area contributed by atoms with E-state index in [-0.39, 0.29) is 49.6 Å². The Morgan fingerprint density at radius 3 is 2.51 bits per heavy atom. The first kappa shape index (κ1) is 32.1. The second-order valence-electron chi connectivity index (χ2n) is 11.2. The summed E-state index contributed by atoms with van der Waals surface area (Å²) in [5, 5.41) is 12.4. The summed E-state index contributed by atoms with van der Waals surface area (Å²) in [4.78, 5) is 44.0. The number of carbonyl (C=O) groups is 2. The van der Waals surface area contributed by atoms with Gasteiger partial charge in [-0.1, -0.05) is 12.1 Å². The van der Waals surface area contributed by atoms with Gasteiger partial charge in [0.15, 0.2) is 0 Å². The average molecular weight is 633 g/mol. The quantitative estimate of drug-likeness (QED) is 0.378. The first-order valence-electron chi connectivity index (χ1n) is 14.2. The van der Waals surface area contributed by atoms with E-state index >= 15 is 4.39 Å². The Morgan fingerprint density at radius 1 is 1.13 bits per heavy atom. The first-order chi connectivity index (χ1) is 21.2. The standard InChI is InChI=1S/C31H32F4N4O6/c1-15-9-19(39-7-8-44-14-25(39)31(33,34)35)11-23(32)26(15)28(40)37-24(30(42)43)10-18-5-6-20(22-13-45-12-21(18)22)27-16(2)36-17(3)38(4)29(27)41/h5-6,9,11,24-25H,7-8,10,12-14H2,1-4H3,(H,37,40)(H,42,43)/t24-,25+/m0/s1. The van der Waals surface area contributed by atoms with Crippen LogP contribution in [0.4, 0.5) is 23.2 Å². The Balaban J connectivity index is 1.41. The van der Waals surface area contributed by atoms with Crippen molar-refractivity contribution >= 4 is 17.6 Å². The number of amides is 1. The van der Waals surface area contributed by atoms with Gasteiger partial charge in [-0.15, -0.1) is 0 Å². The lowest BCUT2D eigenvalue weighted by Crippen LogP contribution is -2.53. The fourth-order valence-electron chi connectivity index (χ4n) is 5.93. The Hall–Kier alpha value is -4.30. The number of carboxylic acid groups (broad SMARTS) is 1. The Morgan fingerprint density at radius 2 is 1.84 bits per heavy atom. The lowest BCUT2D eigenvalue weighted by atomic mass is 9.90. The molecule has 5 rings (SSSR count). The largest absolute Gasteiger partial charge is 0.480 e. The van der Waals surface area contributed by atoms with Crippen molar-refractivity contribution in [2.45, 2.75) is 58.7 Å². The second kappa shape index (κ2) is 12.2. The van der Waals surface area contributed by atoms with Crippen LogP contribution in [0.2, 0.25) is 0 Å². The van der Waals surface area contributed by atoms with Crippen LogP contribution >= 0.6 is 0 Å². The molecule has 0 saturated carbocycles. The Bertz CT molecular complexity index is 1720. The number of rotatable bonds is 7. The SMILES string of the molecule is Cc1cc(N2CCOC[C@@H]2C(F)(F)F)cc(F)c1C(=O)N[C@@H](Cc1ccc(-c2c(C)nc(C)n(C)c2=O)c2c1COC2)C(=O)O. The van der Waals surface area contributed by atoms with Crippen LogP contribution in [0.5, 0.6) is 0 Å². The summed E-state index contributed by atoms with van der Waals surface area (Å²) in [5.41, 5.74) is 2.81. The zero-order valence-corrected chi connectivity index (χ0v) is 25.0. The lowest BCUT2D eigenvalue weighted by molar-refractivity contribution is -0.167. The monoisotopic (exact) mass is 632 g/mol. The molecule has 2 aliphatic rings. The zero-order chi connectivity index (χ0) is 32.8. The van der Waals surface area contributed by atoms with E-state index in [9.17, 15) is 32.7 Å². The smallest absolute Gasteiger partial charge is 0.411 e. The van der Waals surface area contributed by atoms with E-state index in [2.05, 4.69) is 10.3 Å². The molecule has 0 radical (unpaired) electrons. The van der Waals surface area contributed by atoms with Crippen molar-refractivity contribution in [3.8, 4) is 11.1 Å². The van der Waals surface area contributed by atoms with E-state index in [4.69, 9.17) is 9.47 Å². The predicted molar refractivity (Wildman–Crippen MR) is 155 cm³/mol. The van der Waals surface area contributed by atoms with Gasteiger partial charge in [0.25, 0.3) is 11.5 Å². The third kappa shape index (κ3) is 6.16. The zero-order valence-electron chi connectivity index (χ0n) is 25.0. The van der Waals surface area contributed by atoms with E-state index in [1.807, 2.05) is 0 Å². The number of fused-ring (bicyclic) bond motifs is 1. The van der Waals surface area contributed by atoms with E-state index in [0.717, 1.165) is 11.0 Å². The summed E-state index contributed by atoms with van der Waals surface area (Å²) in [5.74, 6) is -2.92. The lowest BCUT2D eigenvalue weighted by Gasteiger charge is -2.38. The van der Waals surface area contributed by atoms with Crippen molar-refractivity contribution in [2.75, 3.05) is 24.7 Å². The van der Waals surface area contributed by atoms with Gasteiger partial charge in [0.05, 0.1) is 43.2 Å². The summed E-state index contributed by atoms with van der Waals surface area (Å²) in [6.07, 6.45) is -4.79. The van der Waals surface area contributed by atoms with Crippen molar-refractivity contribution in [1.29, 1.82) is 0 Å². The fraction of sp³-hybridized carbons (Fsp3) is 0.419. The molecule has 45 heavy (non-hydrogen) atoms. The van der Waals surface area contributed by atoms with Crippen molar-refractivity contribution in [3.63, 3.8) is 0 Å². The number of alkyl halides is 3. The number of carboxylic acids is 1. The molecule has 3 heterocycles. The Kier molecular flexibility index (Phi) is 8.73. The highest BCUT2D eigenvalue weighted by molar-refractivity contribution is 5.98. The van der Waals surface area contributed by atoms with Gasteiger partial charge in [-0.25, -0.2) is 14.2 Å². The van der Waals surface area contributed by atoms with Crippen LogP contribution in [-0.4, -0.2) is 64.6 Å². The molecule has 3 aromatic rings. The number of anilines is 1. The van der Waals surface area contributed by atoms with Crippen LogP contribution in [0.15, 0.2) is 29.1 Å². The summed E-state index contributed by atoms with van der Waals surface area (Å²) < 4.78 is 68.2. The molecule has 1 fully saturated rings. The van der Waals surface area contributed by atoms with Crippen LogP contribution in [0.25, 0.3) is 11.1 Å². The van der Waals surface area contributed by atoms with Crippen LogP contribution in [-0.2, 0) is 41.0 Å². The van der Waals surface area contributed by atoms with Crippen molar-refractivity contribution in [2.24, 2.45) is 7.05 Å². The van der Waals surface area contributed by atoms with Gasteiger partial charge in [0.1, 0.15) is 23.7 Å². The summed E-state index contributed by atoms with van der Waals surface area (Å²) in [7, 11) is 1.62. The highest BCUT2D eigenvalue weighted by atomic mass is 19.4. The van der Waals surface area contributed by atoms with E-state index in [1.165, 1.54) is 17.6 Å². The number of halogens is 4. The van der Waals surface area contributed by atoms with Gasteiger partial charge in [-0.3, -0.25) is 14.2 Å². The molecule has 1 aromatic heterocycles. The third-order valence-electron chi connectivity index (χ3n) is 8.35. The number of aromatic nitrogens is 2. The second-order valence-corrected chi connectivity index (χ2v) is 11.2. The topological polar surface area (TPSA) is 123 Å². The normalized spacial score (nSPS) is 17.2. The van der Waals surface area contributed by atoms with Crippen LogP contribution in [0.1, 0.15) is 44.1 Å². The summed E-state index contributed by atoms with van der Waals surface area (Å²) >= 11 is 0. The van der Waals surface area contributed by atoms with Crippen molar-refractivity contribution < 1.29 is 41.7 Å². The minimum atomic E-state index is -4.62. The summed E-state index contributed by atoms with van der Waals surface area (Å²) in [6, 6.07) is 2.03. The molecule has 0 spiro atoms. The van der Waals surface area contributed by atoms with E-state index in [1.54, 1.807) is 33.0 Å². The van der Waals surface area contributed by atoms with Crippen molar-refractivity contribution in [1.82, 2.24) is 14.9 Å². The molecule has 2 aliphatic heterocycles. The van der Waals surface area contributed by atoms with E-state index in [0.29, 0.717) is 39.3 Å². The van der Waals surface area contributed by atoms with Gasteiger partial charge < -0.3 is 24.8 Å². The first-order valence-corrected chi connectivity index (χ1v) is 14.2. The number of nitrogens with one attached hydrogen (secondary N) is 1. The highest BCUT2D eigenvalue weighted by Gasteiger charge is 2.45. The minimum absolute atomic E-state index is 0.0175.